The molecule has 4 heteroatoms. The fraction of sp³-hybridized carbons (Fsp3) is 0.684. The molecule has 0 unspecified atom stereocenters. The summed E-state index contributed by atoms with van der Waals surface area (Å²) in [5.41, 5.74) is 5.65. The molecular weight excluding hydrogens is 510 g/mol. The number of hydrogen-bond acceptors (Lipinski definition) is 2. The standard InChI is InChI=1S/C38H60B2O2/c1-3-5-7-9-11-19-33-23-25-37(41-29-17-15-27-39)35(31-33)21-13-14-22-36-32-34(20-12-10-8-6-4-2)24-26-38(36)42-30-18-16-28-40/h23-26,31-32H,3-22,27-30H2,1-2H3. The minimum Gasteiger partial charge on any atom is -0.493 e. The SMILES string of the molecule is [B]CCCCOc1ccc(CCCCCCC)cc1CCCCc1cc(CCCCCCC)ccc1OCCCC[B]. The van der Waals surface area contributed by atoms with Gasteiger partial charge in [0.1, 0.15) is 11.5 Å². The van der Waals surface area contributed by atoms with Crippen molar-refractivity contribution in [2.75, 3.05) is 13.2 Å². The van der Waals surface area contributed by atoms with Gasteiger partial charge in [0.25, 0.3) is 0 Å². The normalized spacial score (nSPS) is 11.2. The minimum absolute atomic E-state index is 0.728. The van der Waals surface area contributed by atoms with Gasteiger partial charge in [-0.1, -0.05) is 115 Å². The van der Waals surface area contributed by atoms with E-state index in [0.29, 0.717) is 0 Å². The van der Waals surface area contributed by atoms with E-state index in [0.717, 1.165) is 88.7 Å². The summed E-state index contributed by atoms with van der Waals surface area (Å²) in [6, 6.07) is 13.8. The Morgan fingerprint density at radius 3 is 1.26 bits per heavy atom. The van der Waals surface area contributed by atoms with E-state index < -0.39 is 0 Å². The summed E-state index contributed by atoms with van der Waals surface area (Å²) in [6.45, 7) is 6.05. The molecule has 0 atom stereocenters. The summed E-state index contributed by atoms with van der Waals surface area (Å²) >= 11 is 0. The Bertz CT molecular complexity index is 854. The van der Waals surface area contributed by atoms with Crippen LogP contribution in [-0.4, -0.2) is 28.9 Å². The molecule has 0 fully saturated rings. The topological polar surface area (TPSA) is 18.5 Å². The quantitative estimate of drug-likeness (QED) is 0.0786. The summed E-state index contributed by atoms with van der Waals surface area (Å²) in [6.07, 6.45) is 25.5. The van der Waals surface area contributed by atoms with Crippen molar-refractivity contribution in [1.82, 2.24) is 0 Å². The highest BCUT2D eigenvalue weighted by Gasteiger charge is 2.09. The molecule has 42 heavy (non-hydrogen) atoms. The maximum atomic E-state index is 6.24. The highest BCUT2D eigenvalue weighted by atomic mass is 16.5. The van der Waals surface area contributed by atoms with E-state index in [2.05, 4.69) is 50.2 Å². The molecule has 0 amide bonds. The van der Waals surface area contributed by atoms with Crippen LogP contribution in [-0.2, 0) is 25.7 Å². The van der Waals surface area contributed by atoms with Crippen LogP contribution in [0.1, 0.15) is 139 Å². The van der Waals surface area contributed by atoms with Crippen LogP contribution < -0.4 is 9.47 Å². The molecule has 0 spiro atoms. The lowest BCUT2D eigenvalue weighted by Crippen LogP contribution is -2.03. The third-order valence-electron chi connectivity index (χ3n) is 8.24. The van der Waals surface area contributed by atoms with Crippen LogP contribution in [0.3, 0.4) is 0 Å². The smallest absolute Gasteiger partial charge is 0.122 e. The molecule has 2 aromatic carbocycles. The molecule has 0 N–H and O–H groups in total. The first-order valence-corrected chi connectivity index (χ1v) is 17.6. The molecular formula is C38H60B2O2. The van der Waals surface area contributed by atoms with Gasteiger partial charge in [0.2, 0.25) is 0 Å². The van der Waals surface area contributed by atoms with Gasteiger partial charge in [-0.2, -0.15) is 0 Å². The lowest BCUT2D eigenvalue weighted by atomic mass is 9.97. The van der Waals surface area contributed by atoms with Gasteiger partial charge in [0.05, 0.1) is 28.9 Å². The summed E-state index contributed by atoms with van der Waals surface area (Å²) in [5.74, 6) is 2.13. The third-order valence-corrected chi connectivity index (χ3v) is 8.24. The maximum Gasteiger partial charge on any atom is 0.122 e. The fourth-order valence-electron chi connectivity index (χ4n) is 5.60. The van der Waals surface area contributed by atoms with Gasteiger partial charge in [-0.05, 0) is 98.6 Å². The number of hydrogen-bond donors (Lipinski definition) is 0. The highest BCUT2D eigenvalue weighted by Crippen LogP contribution is 2.27. The molecule has 0 bridgehead atoms. The molecule has 0 saturated carbocycles. The zero-order valence-electron chi connectivity index (χ0n) is 27.4. The molecule has 2 aromatic rings. The number of rotatable bonds is 27. The summed E-state index contributed by atoms with van der Waals surface area (Å²) in [7, 11) is 11.4. The van der Waals surface area contributed by atoms with E-state index in [1.165, 1.54) is 99.3 Å². The predicted octanol–water partition coefficient (Wildman–Crippen LogP) is 10.8. The second kappa shape index (κ2) is 24.6. The van der Waals surface area contributed by atoms with E-state index >= 15 is 0 Å². The first-order valence-electron chi connectivity index (χ1n) is 17.6. The van der Waals surface area contributed by atoms with Crippen molar-refractivity contribution in [3.8, 4) is 11.5 Å². The number of unbranched alkanes of at least 4 members (excludes halogenated alkanes) is 11. The van der Waals surface area contributed by atoms with Crippen molar-refractivity contribution >= 4 is 15.7 Å². The number of aryl methyl sites for hydroxylation is 4. The van der Waals surface area contributed by atoms with Gasteiger partial charge in [-0.3, -0.25) is 0 Å². The second-order valence-corrected chi connectivity index (χ2v) is 12.1. The molecule has 0 aliphatic heterocycles. The summed E-state index contributed by atoms with van der Waals surface area (Å²) in [4.78, 5) is 0. The van der Waals surface area contributed by atoms with E-state index in [1.54, 1.807) is 0 Å². The fourth-order valence-corrected chi connectivity index (χ4v) is 5.60. The maximum absolute atomic E-state index is 6.24. The Morgan fingerprint density at radius 1 is 0.452 bits per heavy atom. The average molecular weight is 571 g/mol. The molecule has 2 nitrogen and oxygen atoms in total. The van der Waals surface area contributed by atoms with Crippen molar-refractivity contribution in [2.24, 2.45) is 0 Å². The lowest BCUT2D eigenvalue weighted by molar-refractivity contribution is 0.305. The van der Waals surface area contributed by atoms with Crippen LogP contribution in [0.2, 0.25) is 12.6 Å². The van der Waals surface area contributed by atoms with Crippen LogP contribution in [0, 0.1) is 0 Å². The van der Waals surface area contributed by atoms with Crippen LogP contribution in [0.5, 0.6) is 11.5 Å². The third kappa shape index (κ3) is 16.1. The molecule has 0 saturated heterocycles. The predicted molar refractivity (Wildman–Crippen MR) is 185 cm³/mol. The summed E-state index contributed by atoms with van der Waals surface area (Å²) < 4.78 is 12.5. The lowest BCUT2D eigenvalue weighted by Gasteiger charge is -2.15. The Morgan fingerprint density at radius 2 is 0.857 bits per heavy atom. The molecule has 4 radical (unpaired) electrons. The largest absolute Gasteiger partial charge is 0.493 e. The van der Waals surface area contributed by atoms with Gasteiger partial charge in [-0.15, -0.1) is 0 Å². The molecule has 0 aromatic heterocycles. The number of ether oxygens (including phenoxy) is 2. The van der Waals surface area contributed by atoms with E-state index in [4.69, 9.17) is 25.2 Å². The molecule has 0 heterocycles. The Hall–Kier alpha value is -1.83. The van der Waals surface area contributed by atoms with Crippen LogP contribution in [0.4, 0.5) is 0 Å². The average Bonchev–Trinajstić information content (AvgIpc) is 3.01. The van der Waals surface area contributed by atoms with Crippen LogP contribution in [0.15, 0.2) is 36.4 Å². The van der Waals surface area contributed by atoms with E-state index in [1.807, 2.05) is 0 Å². The van der Waals surface area contributed by atoms with Crippen LogP contribution >= 0.6 is 0 Å². The van der Waals surface area contributed by atoms with Gasteiger partial charge >= 0.3 is 0 Å². The van der Waals surface area contributed by atoms with Crippen LogP contribution in [0.25, 0.3) is 0 Å². The first-order chi connectivity index (χ1) is 20.7. The zero-order chi connectivity index (χ0) is 30.1. The van der Waals surface area contributed by atoms with Crippen molar-refractivity contribution in [1.29, 1.82) is 0 Å². The minimum atomic E-state index is 0.728. The molecule has 0 aliphatic rings. The number of benzene rings is 2. The molecule has 0 aliphatic carbocycles. The van der Waals surface area contributed by atoms with Gasteiger partial charge in [0, 0.05) is 0 Å². The Kier molecular flexibility index (Phi) is 21.3. The van der Waals surface area contributed by atoms with Gasteiger partial charge in [-0.25, -0.2) is 0 Å². The molecule has 2 rings (SSSR count). The van der Waals surface area contributed by atoms with Crippen molar-refractivity contribution in [2.45, 2.75) is 155 Å². The van der Waals surface area contributed by atoms with E-state index in [-0.39, 0.29) is 0 Å². The first kappa shape index (κ1) is 36.4. The monoisotopic (exact) mass is 570 g/mol. The summed E-state index contributed by atoms with van der Waals surface area (Å²) in [5, 5.41) is 0. The Labute approximate surface area is 263 Å². The van der Waals surface area contributed by atoms with Gasteiger partial charge < -0.3 is 9.47 Å². The van der Waals surface area contributed by atoms with Crippen molar-refractivity contribution < 1.29 is 9.47 Å². The Balaban J connectivity index is 1.99. The van der Waals surface area contributed by atoms with Crippen molar-refractivity contribution in [3.63, 3.8) is 0 Å². The van der Waals surface area contributed by atoms with E-state index in [9.17, 15) is 0 Å². The van der Waals surface area contributed by atoms with Crippen molar-refractivity contribution in [3.05, 3.63) is 58.7 Å². The molecule has 230 valence electrons. The van der Waals surface area contributed by atoms with Gasteiger partial charge in [0.15, 0.2) is 0 Å². The second-order valence-electron chi connectivity index (χ2n) is 12.1. The highest BCUT2D eigenvalue weighted by molar-refractivity contribution is 6.08. The zero-order valence-corrected chi connectivity index (χ0v) is 27.4.